The Kier molecular flexibility index (Phi) is 7.41. The fourth-order valence-electron chi connectivity index (χ4n) is 2.37. The highest BCUT2D eigenvalue weighted by atomic mass is 16.6. The maximum atomic E-state index is 12.4. The van der Waals surface area contributed by atoms with Gasteiger partial charge in [-0.05, 0) is 54.4 Å². The Balaban J connectivity index is 2.61. The second kappa shape index (κ2) is 8.86. The van der Waals surface area contributed by atoms with Gasteiger partial charge >= 0.3 is 18.1 Å². The fraction of sp³-hybridized carbons (Fsp3) is 0.765. The van der Waals surface area contributed by atoms with Crippen molar-refractivity contribution in [1.29, 1.82) is 0 Å². The first kappa shape index (κ1) is 21.7. The zero-order chi connectivity index (χ0) is 20.1. The molecule has 9 nitrogen and oxygen atoms in total. The van der Waals surface area contributed by atoms with Crippen LogP contribution >= 0.6 is 0 Å². The molecule has 1 aliphatic rings. The summed E-state index contributed by atoms with van der Waals surface area (Å²) in [5.74, 6) is -1.43. The molecule has 0 aromatic rings. The summed E-state index contributed by atoms with van der Waals surface area (Å²) in [5, 5.41) is 4.60. The molecule has 2 atom stereocenters. The molecule has 0 aliphatic carbocycles. The molecule has 0 aromatic carbocycles. The minimum atomic E-state index is -1.17. The van der Waals surface area contributed by atoms with E-state index in [4.69, 9.17) is 9.47 Å². The molecule has 9 heteroatoms. The maximum Gasteiger partial charge on any atom is 0.411 e. The average Bonchev–Trinajstić information content (AvgIpc) is 2.93. The van der Waals surface area contributed by atoms with Crippen molar-refractivity contribution >= 4 is 24.0 Å². The Bertz CT molecular complexity index is 555. The van der Waals surface area contributed by atoms with Crippen LogP contribution in [0.1, 0.15) is 54.4 Å². The van der Waals surface area contributed by atoms with Gasteiger partial charge in [0, 0.05) is 12.6 Å². The minimum Gasteiger partial charge on any atom is -0.451 e. The van der Waals surface area contributed by atoms with E-state index >= 15 is 0 Å². The Morgan fingerprint density at radius 1 is 1.12 bits per heavy atom. The van der Waals surface area contributed by atoms with Crippen molar-refractivity contribution in [1.82, 2.24) is 15.5 Å². The third-order valence-electron chi connectivity index (χ3n) is 3.47. The molecule has 0 bridgehead atoms. The number of likely N-dealkylation sites (tertiary alicyclic amines) is 1. The molecule has 1 fully saturated rings. The molecule has 0 radical (unpaired) electrons. The number of carbonyl (C=O) groups excluding carboxylic acids is 4. The van der Waals surface area contributed by atoms with Crippen LogP contribution in [0.4, 0.5) is 9.59 Å². The first-order chi connectivity index (χ1) is 11.9. The molecule has 26 heavy (non-hydrogen) atoms. The topological polar surface area (TPSA) is 114 Å². The van der Waals surface area contributed by atoms with Gasteiger partial charge in [-0.25, -0.2) is 14.4 Å². The normalized spacial score (nSPS) is 18.3. The summed E-state index contributed by atoms with van der Waals surface area (Å²) in [6.07, 6.45) is -0.691. The predicted octanol–water partition coefficient (Wildman–Crippen LogP) is 1.55. The van der Waals surface area contributed by atoms with Crippen LogP contribution in [0.15, 0.2) is 0 Å². The van der Waals surface area contributed by atoms with Gasteiger partial charge in [-0.15, -0.1) is 0 Å². The second-order valence-electron chi connectivity index (χ2n) is 7.53. The summed E-state index contributed by atoms with van der Waals surface area (Å²) in [5.41, 5.74) is -0.676. The van der Waals surface area contributed by atoms with Crippen molar-refractivity contribution in [2.45, 2.75) is 78.2 Å². The highest BCUT2D eigenvalue weighted by molar-refractivity contribution is 5.97. The molecule has 148 valence electrons. The summed E-state index contributed by atoms with van der Waals surface area (Å²) in [7, 11) is 0. The van der Waals surface area contributed by atoms with Crippen molar-refractivity contribution in [3.05, 3.63) is 0 Å². The average molecular weight is 371 g/mol. The van der Waals surface area contributed by atoms with Gasteiger partial charge < -0.3 is 14.8 Å². The molecular weight excluding hydrogens is 342 g/mol. The largest absolute Gasteiger partial charge is 0.451 e. The van der Waals surface area contributed by atoms with Crippen molar-refractivity contribution < 1.29 is 28.7 Å². The second-order valence-corrected chi connectivity index (χ2v) is 7.53. The summed E-state index contributed by atoms with van der Waals surface area (Å²) >= 11 is 0. The number of hydrogen-bond acceptors (Lipinski definition) is 6. The van der Waals surface area contributed by atoms with Gasteiger partial charge in [-0.1, -0.05) is 0 Å². The Morgan fingerprint density at radius 2 is 1.73 bits per heavy atom. The number of amides is 4. The maximum absolute atomic E-state index is 12.4. The van der Waals surface area contributed by atoms with Crippen molar-refractivity contribution in [3.8, 4) is 0 Å². The molecule has 2 N–H and O–H groups in total. The lowest BCUT2D eigenvalue weighted by atomic mass is 10.2. The Morgan fingerprint density at radius 3 is 2.27 bits per heavy atom. The van der Waals surface area contributed by atoms with E-state index in [2.05, 4.69) is 10.6 Å². The first-order valence-electron chi connectivity index (χ1n) is 8.72. The smallest absolute Gasteiger partial charge is 0.411 e. The zero-order valence-corrected chi connectivity index (χ0v) is 16.3. The number of nitrogens with one attached hydrogen (secondary N) is 2. The Hall–Kier alpha value is -2.32. The van der Waals surface area contributed by atoms with Gasteiger partial charge in [0.2, 0.25) is 0 Å². The predicted molar refractivity (Wildman–Crippen MR) is 93.3 cm³/mol. The van der Waals surface area contributed by atoms with Gasteiger partial charge in [0.15, 0.2) is 6.10 Å². The van der Waals surface area contributed by atoms with Gasteiger partial charge in [-0.2, -0.15) is 0 Å². The summed E-state index contributed by atoms with van der Waals surface area (Å²) in [6, 6.07) is -1.60. The number of hydrogen-bond donors (Lipinski definition) is 2. The van der Waals surface area contributed by atoms with Crippen molar-refractivity contribution in [2.75, 3.05) is 6.54 Å². The Labute approximate surface area is 153 Å². The lowest BCUT2D eigenvalue weighted by Gasteiger charge is -2.28. The van der Waals surface area contributed by atoms with E-state index < -0.39 is 41.7 Å². The SMILES string of the molecule is CC(C)NC(=O)NC(=O)[C@H](C)OC(=O)[C@@H]1CCCN1C(=O)OC(C)(C)C. The van der Waals surface area contributed by atoms with E-state index in [1.807, 2.05) is 0 Å². The van der Waals surface area contributed by atoms with Crippen molar-refractivity contribution in [2.24, 2.45) is 0 Å². The highest BCUT2D eigenvalue weighted by Crippen LogP contribution is 2.22. The zero-order valence-electron chi connectivity index (χ0n) is 16.3. The van der Waals surface area contributed by atoms with E-state index in [1.54, 1.807) is 34.6 Å². The van der Waals surface area contributed by atoms with Gasteiger partial charge in [0.1, 0.15) is 11.6 Å². The molecule has 0 aromatic heterocycles. The number of urea groups is 1. The van der Waals surface area contributed by atoms with Crippen LogP contribution < -0.4 is 10.6 Å². The molecule has 1 heterocycles. The molecule has 4 amide bonds. The molecular formula is C17H29N3O6. The van der Waals surface area contributed by atoms with Crippen LogP contribution in [0.5, 0.6) is 0 Å². The van der Waals surface area contributed by atoms with Crippen LogP contribution in [0, 0.1) is 0 Å². The van der Waals surface area contributed by atoms with Crippen molar-refractivity contribution in [3.63, 3.8) is 0 Å². The first-order valence-corrected chi connectivity index (χ1v) is 8.72. The summed E-state index contributed by atoms with van der Waals surface area (Å²) < 4.78 is 10.4. The van der Waals surface area contributed by atoms with Crippen LogP contribution in [0.25, 0.3) is 0 Å². The van der Waals surface area contributed by atoms with Gasteiger partial charge in [0.05, 0.1) is 0 Å². The standard InChI is InChI=1S/C17H29N3O6/c1-10(2)18-15(23)19-13(21)11(3)25-14(22)12-8-7-9-20(12)16(24)26-17(4,5)6/h10-12H,7-9H2,1-6H3,(H2,18,19,21,23)/t11-,12-/m0/s1. The number of ether oxygens (including phenoxy) is 2. The highest BCUT2D eigenvalue weighted by Gasteiger charge is 2.38. The third-order valence-corrected chi connectivity index (χ3v) is 3.47. The fourth-order valence-corrected chi connectivity index (χ4v) is 2.37. The van der Waals surface area contributed by atoms with Crippen LogP contribution in [0.2, 0.25) is 0 Å². The minimum absolute atomic E-state index is 0.137. The molecule has 0 spiro atoms. The summed E-state index contributed by atoms with van der Waals surface area (Å²) in [6.45, 7) is 10.5. The number of nitrogens with zero attached hydrogens (tertiary/aromatic N) is 1. The van der Waals surface area contributed by atoms with Gasteiger partial charge in [-0.3, -0.25) is 15.0 Å². The molecule has 1 rings (SSSR count). The van der Waals surface area contributed by atoms with Crippen LogP contribution in [0.3, 0.4) is 0 Å². The van der Waals surface area contributed by atoms with E-state index in [0.717, 1.165) is 0 Å². The van der Waals surface area contributed by atoms with E-state index in [9.17, 15) is 19.2 Å². The quantitative estimate of drug-likeness (QED) is 0.725. The molecule has 0 unspecified atom stereocenters. The van der Waals surface area contributed by atoms with E-state index in [-0.39, 0.29) is 6.04 Å². The lowest BCUT2D eigenvalue weighted by molar-refractivity contribution is -0.158. The van der Waals surface area contributed by atoms with Gasteiger partial charge in [0.25, 0.3) is 5.91 Å². The lowest BCUT2D eigenvalue weighted by Crippen LogP contribution is -2.48. The molecule has 0 saturated carbocycles. The third kappa shape index (κ3) is 6.89. The monoisotopic (exact) mass is 371 g/mol. The van der Waals surface area contributed by atoms with Crippen LogP contribution in [-0.4, -0.2) is 59.2 Å². The van der Waals surface area contributed by atoms with Crippen LogP contribution in [-0.2, 0) is 19.1 Å². The van der Waals surface area contributed by atoms with E-state index in [0.29, 0.717) is 19.4 Å². The number of imide groups is 1. The number of rotatable bonds is 4. The molecule has 1 saturated heterocycles. The number of carbonyl (C=O) groups is 4. The summed E-state index contributed by atoms with van der Waals surface area (Å²) in [4.78, 5) is 49.3. The molecule has 1 aliphatic heterocycles. The number of esters is 1. The van der Waals surface area contributed by atoms with E-state index in [1.165, 1.54) is 11.8 Å².